The smallest absolute Gasteiger partial charge is 0.139 e. The normalized spacial score (nSPS) is 11.1. The maximum absolute atomic E-state index is 13.1. The zero-order chi connectivity index (χ0) is 12.7. The van der Waals surface area contributed by atoms with Gasteiger partial charge in [0.1, 0.15) is 11.5 Å². The summed E-state index contributed by atoms with van der Waals surface area (Å²) in [4.78, 5) is 4.37. The highest BCUT2D eigenvalue weighted by atomic mass is 35.5. The SMILES string of the molecule is Fc1ccc2nc(-c3c(Cl)cccc3Cl)cn2c1. The molecule has 0 atom stereocenters. The van der Waals surface area contributed by atoms with Crippen molar-refractivity contribution in [2.24, 2.45) is 0 Å². The molecule has 1 aromatic carbocycles. The Labute approximate surface area is 113 Å². The molecule has 0 saturated heterocycles. The van der Waals surface area contributed by atoms with Gasteiger partial charge in [-0.25, -0.2) is 9.37 Å². The fourth-order valence-corrected chi connectivity index (χ4v) is 2.42. The zero-order valence-electron chi connectivity index (χ0n) is 9.07. The van der Waals surface area contributed by atoms with Crippen molar-refractivity contribution < 1.29 is 4.39 Å². The maximum atomic E-state index is 13.1. The standard InChI is InChI=1S/C13H7Cl2FN2/c14-9-2-1-3-10(15)13(9)11-7-18-6-8(16)4-5-12(18)17-11/h1-7H. The van der Waals surface area contributed by atoms with E-state index in [9.17, 15) is 4.39 Å². The summed E-state index contributed by atoms with van der Waals surface area (Å²) in [6.07, 6.45) is 3.06. The van der Waals surface area contributed by atoms with E-state index < -0.39 is 0 Å². The quantitative estimate of drug-likeness (QED) is 0.644. The van der Waals surface area contributed by atoms with Gasteiger partial charge in [0, 0.05) is 18.0 Å². The molecule has 0 radical (unpaired) electrons. The summed E-state index contributed by atoms with van der Waals surface area (Å²) in [5.74, 6) is -0.322. The minimum absolute atomic E-state index is 0.322. The van der Waals surface area contributed by atoms with Gasteiger partial charge in [0.05, 0.1) is 15.7 Å². The molecule has 3 aromatic rings. The second kappa shape index (κ2) is 4.26. The van der Waals surface area contributed by atoms with E-state index in [4.69, 9.17) is 23.2 Å². The van der Waals surface area contributed by atoms with Crippen LogP contribution in [0, 0.1) is 5.82 Å². The molecule has 0 unspecified atom stereocenters. The van der Waals surface area contributed by atoms with E-state index in [1.807, 2.05) is 0 Å². The molecule has 0 aliphatic rings. The lowest BCUT2D eigenvalue weighted by Gasteiger charge is -2.02. The van der Waals surface area contributed by atoms with E-state index in [1.165, 1.54) is 12.3 Å². The van der Waals surface area contributed by atoms with Gasteiger partial charge >= 0.3 is 0 Å². The molecule has 18 heavy (non-hydrogen) atoms. The van der Waals surface area contributed by atoms with Crippen LogP contribution in [0.2, 0.25) is 10.0 Å². The van der Waals surface area contributed by atoms with Gasteiger partial charge in [-0.2, -0.15) is 0 Å². The Morgan fingerprint density at radius 3 is 2.44 bits per heavy atom. The summed E-state index contributed by atoms with van der Waals surface area (Å²) in [5.41, 5.74) is 1.92. The first-order chi connectivity index (χ1) is 8.65. The van der Waals surface area contributed by atoms with Gasteiger partial charge in [0.25, 0.3) is 0 Å². The number of benzene rings is 1. The van der Waals surface area contributed by atoms with Crippen LogP contribution in [0.15, 0.2) is 42.7 Å². The lowest BCUT2D eigenvalue weighted by Crippen LogP contribution is -1.83. The number of fused-ring (bicyclic) bond motifs is 1. The van der Waals surface area contributed by atoms with Crippen LogP contribution in [0.5, 0.6) is 0 Å². The van der Waals surface area contributed by atoms with Crippen LogP contribution in [-0.4, -0.2) is 9.38 Å². The molecular formula is C13H7Cl2FN2. The summed E-state index contributed by atoms with van der Waals surface area (Å²) in [6, 6.07) is 8.22. The number of nitrogens with zero attached hydrogens (tertiary/aromatic N) is 2. The van der Waals surface area contributed by atoms with Gasteiger partial charge in [-0.15, -0.1) is 0 Å². The number of hydrogen-bond acceptors (Lipinski definition) is 1. The monoisotopic (exact) mass is 280 g/mol. The van der Waals surface area contributed by atoms with Crippen molar-refractivity contribution in [3.63, 3.8) is 0 Å². The molecule has 2 heterocycles. The Kier molecular flexibility index (Phi) is 2.73. The first kappa shape index (κ1) is 11.5. The predicted octanol–water partition coefficient (Wildman–Crippen LogP) is 4.45. The molecule has 5 heteroatoms. The molecule has 0 fully saturated rings. The van der Waals surface area contributed by atoms with E-state index in [0.29, 0.717) is 26.9 Å². The Morgan fingerprint density at radius 2 is 1.72 bits per heavy atom. The third kappa shape index (κ3) is 1.85. The van der Waals surface area contributed by atoms with Crippen LogP contribution in [0.25, 0.3) is 16.9 Å². The second-order valence-electron chi connectivity index (χ2n) is 3.84. The van der Waals surface area contributed by atoms with Crippen molar-refractivity contribution in [2.45, 2.75) is 0 Å². The molecule has 2 nitrogen and oxygen atoms in total. The van der Waals surface area contributed by atoms with E-state index >= 15 is 0 Å². The second-order valence-corrected chi connectivity index (χ2v) is 4.65. The van der Waals surface area contributed by atoms with Crippen LogP contribution in [-0.2, 0) is 0 Å². The third-order valence-corrected chi connectivity index (χ3v) is 3.26. The summed E-state index contributed by atoms with van der Waals surface area (Å²) in [7, 11) is 0. The lowest BCUT2D eigenvalue weighted by molar-refractivity contribution is 0.619. The molecule has 0 aliphatic carbocycles. The van der Waals surface area contributed by atoms with Gasteiger partial charge in [-0.1, -0.05) is 29.3 Å². The maximum Gasteiger partial charge on any atom is 0.139 e. The van der Waals surface area contributed by atoms with Crippen LogP contribution in [0.4, 0.5) is 4.39 Å². The molecule has 0 spiro atoms. The van der Waals surface area contributed by atoms with Crippen LogP contribution >= 0.6 is 23.2 Å². The number of pyridine rings is 1. The van der Waals surface area contributed by atoms with Gasteiger partial charge in [0.2, 0.25) is 0 Å². The summed E-state index contributed by atoms with van der Waals surface area (Å²) < 4.78 is 14.7. The number of aromatic nitrogens is 2. The van der Waals surface area contributed by atoms with Crippen LogP contribution < -0.4 is 0 Å². The molecule has 3 rings (SSSR count). The van der Waals surface area contributed by atoms with Crippen molar-refractivity contribution in [2.75, 3.05) is 0 Å². The van der Waals surface area contributed by atoms with Gasteiger partial charge in [-0.3, -0.25) is 0 Å². The Hall–Kier alpha value is -1.58. The zero-order valence-corrected chi connectivity index (χ0v) is 10.6. The van der Waals surface area contributed by atoms with E-state index in [-0.39, 0.29) is 5.82 Å². The largest absolute Gasteiger partial charge is 0.304 e. The van der Waals surface area contributed by atoms with Crippen molar-refractivity contribution in [3.8, 4) is 11.3 Å². The van der Waals surface area contributed by atoms with E-state index in [2.05, 4.69) is 4.98 Å². The molecule has 0 saturated carbocycles. The van der Waals surface area contributed by atoms with Crippen LogP contribution in [0.1, 0.15) is 0 Å². The molecule has 90 valence electrons. The average molecular weight is 281 g/mol. The molecule has 0 N–H and O–H groups in total. The highest BCUT2D eigenvalue weighted by Crippen LogP contribution is 2.33. The first-order valence-corrected chi connectivity index (χ1v) is 5.99. The highest BCUT2D eigenvalue weighted by Gasteiger charge is 2.12. The Bertz CT molecular complexity index is 717. The third-order valence-electron chi connectivity index (χ3n) is 2.63. The minimum atomic E-state index is -0.322. The summed E-state index contributed by atoms with van der Waals surface area (Å²) >= 11 is 12.2. The number of hydrogen-bond donors (Lipinski definition) is 0. The average Bonchev–Trinajstić information content (AvgIpc) is 2.71. The number of rotatable bonds is 1. The van der Waals surface area contributed by atoms with Gasteiger partial charge in [0.15, 0.2) is 0 Å². The molecule has 0 amide bonds. The molecular weight excluding hydrogens is 274 g/mol. The van der Waals surface area contributed by atoms with E-state index in [1.54, 1.807) is 34.9 Å². The van der Waals surface area contributed by atoms with Gasteiger partial charge in [-0.05, 0) is 24.3 Å². The van der Waals surface area contributed by atoms with Crippen molar-refractivity contribution in [1.82, 2.24) is 9.38 Å². The van der Waals surface area contributed by atoms with Crippen molar-refractivity contribution in [1.29, 1.82) is 0 Å². The topological polar surface area (TPSA) is 17.3 Å². The molecule has 0 aliphatic heterocycles. The summed E-state index contributed by atoms with van der Waals surface area (Å²) in [5, 5.41) is 1.04. The Morgan fingerprint density at radius 1 is 1.00 bits per heavy atom. The minimum Gasteiger partial charge on any atom is -0.304 e. The highest BCUT2D eigenvalue weighted by molar-refractivity contribution is 6.39. The number of imidazole rings is 1. The van der Waals surface area contributed by atoms with Gasteiger partial charge < -0.3 is 4.40 Å². The Balaban J connectivity index is 2.26. The predicted molar refractivity (Wildman–Crippen MR) is 70.6 cm³/mol. The van der Waals surface area contributed by atoms with Crippen LogP contribution in [0.3, 0.4) is 0 Å². The number of halogens is 3. The van der Waals surface area contributed by atoms with Crippen molar-refractivity contribution in [3.05, 3.63) is 58.6 Å². The lowest BCUT2D eigenvalue weighted by atomic mass is 10.2. The molecule has 2 aromatic heterocycles. The molecule has 0 bridgehead atoms. The van der Waals surface area contributed by atoms with Crippen molar-refractivity contribution >= 4 is 28.8 Å². The fraction of sp³-hybridized carbons (Fsp3) is 0. The van der Waals surface area contributed by atoms with E-state index in [0.717, 1.165) is 0 Å². The summed E-state index contributed by atoms with van der Waals surface area (Å²) in [6.45, 7) is 0. The first-order valence-electron chi connectivity index (χ1n) is 5.24. The fourth-order valence-electron chi connectivity index (χ4n) is 1.83.